The minimum Gasteiger partial charge on any atom is -0.383 e. The highest BCUT2D eigenvalue weighted by Crippen LogP contribution is 2.48. The lowest BCUT2D eigenvalue weighted by molar-refractivity contribution is -0.150. The Morgan fingerprint density at radius 1 is 1.00 bits per heavy atom. The fourth-order valence-corrected chi connectivity index (χ4v) is 6.54. The number of aliphatic hydroxyl groups is 2. The van der Waals surface area contributed by atoms with E-state index in [2.05, 4.69) is 15.3 Å². The largest absolute Gasteiger partial charge is 0.433 e. The van der Waals surface area contributed by atoms with Gasteiger partial charge in [-0.05, 0) is 62.4 Å². The van der Waals surface area contributed by atoms with Gasteiger partial charge in [0.1, 0.15) is 11.8 Å². The maximum Gasteiger partial charge on any atom is 0.433 e. The molecule has 2 aromatic rings. The van der Waals surface area contributed by atoms with Crippen LogP contribution in [-0.2, 0) is 18.0 Å². The number of likely N-dealkylation sites (N-methyl/N-ethyl adjacent to an activating group) is 1. The molecule has 0 aliphatic carbocycles. The van der Waals surface area contributed by atoms with Crippen LogP contribution in [0.3, 0.4) is 0 Å². The molecule has 2 saturated heterocycles. The summed E-state index contributed by atoms with van der Waals surface area (Å²) >= 11 is 0. The summed E-state index contributed by atoms with van der Waals surface area (Å²) in [6.07, 6.45) is -8.10. The first-order valence-corrected chi connectivity index (χ1v) is 13.5. The molecule has 40 heavy (non-hydrogen) atoms. The van der Waals surface area contributed by atoms with Crippen molar-refractivity contribution in [1.29, 1.82) is 0 Å². The lowest BCUT2D eigenvalue weighted by Gasteiger charge is -2.45. The Bertz CT molecular complexity index is 1260. The number of nitrogens with one attached hydrogen (secondary N) is 1. The monoisotopic (exact) mass is 573 g/mol. The topological polar surface area (TPSA) is 84.2 Å². The van der Waals surface area contributed by atoms with E-state index in [0.717, 1.165) is 18.6 Å². The van der Waals surface area contributed by atoms with E-state index >= 15 is 0 Å². The molecule has 3 unspecified atom stereocenters. The van der Waals surface area contributed by atoms with Gasteiger partial charge in [-0.2, -0.15) is 26.3 Å². The molecule has 2 fully saturated rings. The third-order valence-corrected chi connectivity index (χ3v) is 8.54. The second-order valence-corrected chi connectivity index (χ2v) is 11.0. The predicted molar refractivity (Wildman–Crippen MR) is 137 cm³/mol. The molecule has 0 bridgehead atoms. The molecular formula is C27H33F6N5O2. The summed E-state index contributed by atoms with van der Waals surface area (Å²) in [4.78, 5) is 10.8. The number of pyridine rings is 1. The predicted octanol–water partition coefficient (Wildman–Crippen LogP) is 4.28. The molecule has 220 valence electrons. The van der Waals surface area contributed by atoms with Crippen LogP contribution in [0.25, 0.3) is 10.9 Å². The number of rotatable bonds is 5. The van der Waals surface area contributed by atoms with E-state index in [1.54, 1.807) is 18.3 Å². The first-order valence-electron chi connectivity index (χ1n) is 13.5. The molecule has 0 saturated carbocycles. The van der Waals surface area contributed by atoms with E-state index in [1.165, 1.54) is 11.0 Å². The number of aliphatic imine (C=N–C) groups is 1. The standard InChI is InChI=1S/C27H33F6N5O2/c1-37-15-35-14-20(37)25(40,16-7-9-34-10-8-16)17-5-6-19-18(13-17)22(26(28,29)30)21(23(36-19)27(31,32)33)24(39)38-11-3-2-4-12-38/h5-6,13,15-16,20,24,34,39-40H,2-4,7-12,14H2,1H3. The summed E-state index contributed by atoms with van der Waals surface area (Å²) in [5.74, 6) is -0.337. The summed E-state index contributed by atoms with van der Waals surface area (Å²) in [6.45, 7) is 1.75. The minimum atomic E-state index is -5.24. The molecule has 5 rings (SSSR count). The van der Waals surface area contributed by atoms with Crippen molar-refractivity contribution in [2.24, 2.45) is 10.9 Å². The Morgan fingerprint density at radius 3 is 2.25 bits per heavy atom. The number of alkyl halides is 6. The van der Waals surface area contributed by atoms with E-state index in [-0.39, 0.29) is 31.1 Å². The van der Waals surface area contributed by atoms with Crippen molar-refractivity contribution in [2.75, 3.05) is 39.8 Å². The third kappa shape index (κ3) is 5.17. The van der Waals surface area contributed by atoms with Gasteiger partial charge in [0, 0.05) is 31.1 Å². The smallest absolute Gasteiger partial charge is 0.383 e. The Balaban J connectivity index is 1.76. The van der Waals surface area contributed by atoms with Gasteiger partial charge in [0.25, 0.3) is 0 Å². The number of benzene rings is 1. The second-order valence-electron chi connectivity index (χ2n) is 11.0. The number of piperidine rings is 2. The van der Waals surface area contributed by atoms with Crippen molar-refractivity contribution < 1.29 is 36.6 Å². The zero-order chi connectivity index (χ0) is 28.9. The molecule has 0 amide bonds. The van der Waals surface area contributed by atoms with Crippen LogP contribution in [0.1, 0.15) is 60.7 Å². The summed E-state index contributed by atoms with van der Waals surface area (Å²) in [5, 5.41) is 26.0. The molecule has 1 aromatic carbocycles. The molecule has 3 N–H and O–H groups in total. The summed E-state index contributed by atoms with van der Waals surface area (Å²) < 4.78 is 87.0. The van der Waals surface area contributed by atoms with Crippen LogP contribution >= 0.6 is 0 Å². The number of nitrogens with zero attached hydrogens (tertiary/aromatic N) is 4. The molecule has 7 nitrogen and oxygen atoms in total. The minimum absolute atomic E-state index is 0.153. The Morgan fingerprint density at radius 2 is 1.68 bits per heavy atom. The van der Waals surface area contributed by atoms with Crippen molar-refractivity contribution in [3.05, 3.63) is 40.6 Å². The maximum atomic E-state index is 14.8. The maximum absolute atomic E-state index is 14.8. The van der Waals surface area contributed by atoms with Crippen LogP contribution in [0, 0.1) is 5.92 Å². The number of likely N-dealkylation sites (tertiary alicyclic amines) is 1. The van der Waals surface area contributed by atoms with E-state index < -0.39 is 57.9 Å². The van der Waals surface area contributed by atoms with Crippen LogP contribution in [-0.4, -0.2) is 77.1 Å². The molecule has 3 aliphatic rings. The highest BCUT2D eigenvalue weighted by molar-refractivity contribution is 5.85. The highest BCUT2D eigenvalue weighted by Gasteiger charge is 2.50. The molecular weight excluding hydrogens is 540 g/mol. The van der Waals surface area contributed by atoms with Crippen molar-refractivity contribution in [2.45, 2.75) is 62.3 Å². The molecule has 0 radical (unpaired) electrons. The molecule has 1 aromatic heterocycles. The van der Waals surface area contributed by atoms with Gasteiger partial charge < -0.3 is 20.4 Å². The molecule has 3 atom stereocenters. The summed E-state index contributed by atoms with van der Waals surface area (Å²) in [5.41, 5.74) is -6.62. The Hall–Kier alpha value is -2.48. The summed E-state index contributed by atoms with van der Waals surface area (Å²) in [7, 11) is 1.72. The van der Waals surface area contributed by atoms with Crippen LogP contribution in [0.15, 0.2) is 23.2 Å². The van der Waals surface area contributed by atoms with Gasteiger partial charge in [-0.3, -0.25) is 9.89 Å². The first kappa shape index (κ1) is 29.0. The number of aromatic nitrogens is 1. The van der Waals surface area contributed by atoms with E-state index in [4.69, 9.17) is 0 Å². The van der Waals surface area contributed by atoms with E-state index in [9.17, 15) is 36.6 Å². The average Bonchev–Trinajstić information content (AvgIpc) is 3.37. The number of hydrogen-bond acceptors (Lipinski definition) is 7. The first-order chi connectivity index (χ1) is 18.8. The van der Waals surface area contributed by atoms with Gasteiger partial charge in [0.15, 0.2) is 5.69 Å². The van der Waals surface area contributed by atoms with Gasteiger partial charge in [-0.1, -0.05) is 12.5 Å². The summed E-state index contributed by atoms with van der Waals surface area (Å²) in [6, 6.07) is 3.01. The number of halogens is 6. The molecule has 3 aliphatic heterocycles. The highest BCUT2D eigenvalue weighted by atomic mass is 19.4. The number of hydrogen-bond donors (Lipinski definition) is 3. The van der Waals surface area contributed by atoms with Gasteiger partial charge in [-0.25, -0.2) is 4.98 Å². The lowest BCUT2D eigenvalue weighted by Crippen LogP contribution is -2.54. The van der Waals surface area contributed by atoms with Gasteiger partial charge in [0.05, 0.1) is 30.0 Å². The van der Waals surface area contributed by atoms with Crippen molar-refractivity contribution in [1.82, 2.24) is 20.1 Å². The van der Waals surface area contributed by atoms with Crippen LogP contribution in [0.2, 0.25) is 0 Å². The van der Waals surface area contributed by atoms with Gasteiger partial charge in [0.2, 0.25) is 0 Å². The lowest BCUT2D eigenvalue weighted by atomic mass is 9.71. The van der Waals surface area contributed by atoms with Crippen LogP contribution in [0.4, 0.5) is 26.3 Å². The van der Waals surface area contributed by atoms with Crippen LogP contribution < -0.4 is 5.32 Å². The second kappa shape index (κ2) is 10.7. The third-order valence-electron chi connectivity index (χ3n) is 8.54. The van der Waals surface area contributed by atoms with E-state index in [0.29, 0.717) is 38.8 Å². The SMILES string of the molecule is CN1C=NCC1C(O)(c1ccc2nc(C(F)(F)F)c(C(O)N3CCCCC3)c(C(F)(F)F)c2c1)C1CCNCC1. The molecule has 4 heterocycles. The normalized spacial score (nSPS) is 24.0. The fourth-order valence-electron chi connectivity index (χ4n) is 6.54. The number of fused-ring (bicyclic) bond motifs is 1. The van der Waals surface area contributed by atoms with Crippen molar-refractivity contribution >= 4 is 17.2 Å². The average molecular weight is 574 g/mol. The van der Waals surface area contributed by atoms with Crippen LogP contribution in [0.5, 0.6) is 0 Å². The van der Waals surface area contributed by atoms with Gasteiger partial charge in [-0.15, -0.1) is 0 Å². The zero-order valence-corrected chi connectivity index (χ0v) is 22.1. The van der Waals surface area contributed by atoms with E-state index in [1.807, 2.05) is 0 Å². The quantitative estimate of drug-likeness (QED) is 0.464. The Labute approximate surface area is 227 Å². The zero-order valence-electron chi connectivity index (χ0n) is 22.1. The number of aliphatic hydroxyl groups excluding tert-OH is 1. The van der Waals surface area contributed by atoms with Crippen molar-refractivity contribution in [3.63, 3.8) is 0 Å². The van der Waals surface area contributed by atoms with Gasteiger partial charge >= 0.3 is 12.4 Å². The van der Waals surface area contributed by atoms with Crippen molar-refractivity contribution in [3.8, 4) is 0 Å². The Kier molecular flexibility index (Phi) is 7.79. The fraction of sp³-hybridized carbons (Fsp3) is 0.630. The molecule has 13 heteroatoms. The molecule has 0 spiro atoms.